The smallest absolute Gasteiger partial charge is 0.321 e. The molecule has 3 unspecified atom stereocenters. The third-order valence-corrected chi connectivity index (χ3v) is 6.51. The maximum absolute atomic E-state index is 13.0. The molecule has 2 aromatic carbocycles. The van der Waals surface area contributed by atoms with Crippen molar-refractivity contribution in [1.82, 2.24) is 5.09 Å². The summed E-state index contributed by atoms with van der Waals surface area (Å²) in [4.78, 5) is 32.8. The first-order valence-corrected chi connectivity index (χ1v) is 10.5. The summed E-state index contributed by atoms with van der Waals surface area (Å²) < 4.78 is 13.0. The van der Waals surface area contributed by atoms with E-state index >= 15 is 0 Å². The number of carbonyl (C=O) groups is 2. The summed E-state index contributed by atoms with van der Waals surface area (Å²) in [5.41, 5.74) is -0.130. The van der Waals surface area contributed by atoms with Crippen molar-refractivity contribution in [1.29, 1.82) is 0 Å². The van der Waals surface area contributed by atoms with E-state index in [1.807, 2.05) is 43.3 Å². The third-order valence-electron chi connectivity index (χ3n) is 4.43. The van der Waals surface area contributed by atoms with Gasteiger partial charge < -0.3 is 15.1 Å². The third kappa shape index (κ3) is 5.63. The SMILES string of the molecule is CCCC(c1ccc2ccccc2c1)P(=O)(O)NC(CCC(=O)O)C(=O)O. The Balaban J connectivity index is 2.32. The zero-order valence-electron chi connectivity index (χ0n) is 15.0. The fourth-order valence-corrected chi connectivity index (χ4v) is 5.10. The number of benzene rings is 2. The van der Waals surface area contributed by atoms with Crippen LogP contribution in [0.3, 0.4) is 0 Å². The molecule has 0 amide bonds. The van der Waals surface area contributed by atoms with E-state index in [0.29, 0.717) is 18.4 Å². The molecule has 8 heteroatoms. The Kier molecular flexibility index (Phi) is 7.13. The van der Waals surface area contributed by atoms with Gasteiger partial charge in [0.1, 0.15) is 6.04 Å². The van der Waals surface area contributed by atoms with Crippen molar-refractivity contribution >= 4 is 30.2 Å². The van der Waals surface area contributed by atoms with Crippen molar-refractivity contribution in [2.75, 3.05) is 0 Å². The summed E-state index contributed by atoms with van der Waals surface area (Å²) in [6.07, 6.45) is 0.352. The lowest BCUT2D eigenvalue weighted by Crippen LogP contribution is -2.36. The molecule has 2 rings (SSSR count). The van der Waals surface area contributed by atoms with Gasteiger partial charge in [0, 0.05) is 6.42 Å². The molecular formula is C19H24NO6P. The predicted molar refractivity (Wildman–Crippen MR) is 103 cm³/mol. The lowest BCUT2D eigenvalue weighted by molar-refractivity contribution is -0.140. The van der Waals surface area contributed by atoms with Crippen LogP contribution in [0.1, 0.15) is 43.8 Å². The molecule has 4 N–H and O–H groups in total. The molecule has 27 heavy (non-hydrogen) atoms. The normalized spacial score (nSPS) is 15.8. The van der Waals surface area contributed by atoms with Crippen LogP contribution in [0, 0.1) is 0 Å². The molecule has 0 bridgehead atoms. The van der Waals surface area contributed by atoms with Crippen LogP contribution in [0.5, 0.6) is 0 Å². The van der Waals surface area contributed by atoms with E-state index in [-0.39, 0.29) is 6.42 Å². The van der Waals surface area contributed by atoms with Crippen molar-refractivity contribution in [2.45, 2.75) is 44.3 Å². The number of fused-ring (bicyclic) bond motifs is 1. The van der Waals surface area contributed by atoms with Gasteiger partial charge in [0.15, 0.2) is 0 Å². The van der Waals surface area contributed by atoms with E-state index in [1.165, 1.54) is 0 Å². The second-order valence-electron chi connectivity index (χ2n) is 6.49. The fraction of sp³-hybridized carbons (Fsp3) is 0.368. The molecule has 7 nitrogen and oxygen atoms in total. The molecule has 0 aliphatic rings. The van der Waals surface area contributed by atoms with E-state index in [0.717, 1.165) is 10.8 Å². The van der Waals surface area contributed by atoms with Crippen molar-refractivity contribution in [3.05, 3.63) is 48.0 Å². The molecular weight excluding hydrogens is 369 g/mol. The average molecular weight is 393 g/mol. The Hall–Kier alpha value is -2.21. The van der Waals surface area contributed by atoms with Gasteiger partial charge in [0.2, 0.25) is 0 Å². The Labute approximate surface area is 157 Å². The summed E-state index contributed by atoms with van der Waals surface area (Å²) >= 11 is 0. The second-order valence-corrected chi connectivity index (χ2v) is 8.61. The zero-order valence-corrected chi connectivity index (χ0v) is 15.9. The molecule has 0 spiro atoms. The Morgan fingerprint density at radius 1 is 1.07 bits per heavy atom. The van der Waals surface area contributed by atoms with Gasteiger partial charge in [-0.3, -0.25) is 14.2 Å². The minimum Gasteiger partial charge on any atom is -0.481 e. The number of hydrogen-bond acceptors (Lipinski definition) is 3. The molecule has 0 saturated carbocycles. The number of rotatable bonds is 10. The molecule has 0 saturated heterocycles. The molecule has 0 heterocycles. The predicted octanol–water partition coefficient (Wildman–Crippen LogP) is 3.77. The highest BCUT2D eigenvalue weighted by molar-refractivity contribution is 7.56. The highest BCUT2D eigenvalue weighted by Gasteiger charge is 2.36. The van der Waals surface area contributed by atoms with Crippen molar-refractivity contribution < 1.29 is 29.3 Å². The molecule has 0 radical (unpaired) electrons. The zero-order chi connectivity index (χ0) is 20.0. The lowest BCUT2D eigenvalue weighted by Gasteiger charge is -2.27. The monoisotopic (exact) mass is 393 g/mol. The summed E-state index contributed by atoms with van der Waals surface area (Å²) in [6, 6.07) is 11.7. The van der Waals surface area contributed by atoms with E-state index < -0.39 is 37.6 Å². The van der Waals surface area contributed by atoms with Gasteiger partial charge in [-0.25, -0.2) is 5.09 Å². The van der Waals surface area contributed by atoms with Crippen molar-refractivity contribution in [3.8, 4) is 0 Å². The summed E-state index contributed by atoms with van der Waals surface area (Å²) in [6.45, 7) is 1.88. The van der Waals surface area contributed by atoms with Gasteiger partial charge in [0.25, 0.3) is 7.52 Å². The topological polar surface area (TPSA) is 124 Å². The van der Waals surface area contributed by atoms with Gasteiger partial charge in [0.05, 0.1) is 5.66 Å². The lowest BCUT2D eigenvalue weighted by atomic mass is 10.0. The van der Waals surface area contributed by atoms with Crippen LogP contribution in [-0.4, -0.2) is 33.1 Å². The summed E-state index contributed by atoms with van der Waals surface area (Å²) in [5.74, 6) is -2.50. The van der Waals surface area contributed by atoms with Gasteiger partial charge >= 0.3 is 11.9 Å². The van der Waals surface area contributed by atoms with Crippen LogP contribution in [-0.2, 0) is 14.2 Å². The van der Waals surface area contributed by atoms with E-state index in [9.17, 15) is 24.2 Å². The number of carboxylic acid groups (broad SMARTS) is 2. The van der Waals surface area contributed by atoms with Crippen molar-refractivity contribution in [2.24, 2.45) is 0 Å². The fourth-order valence-electron chi connectivity index (χ4n) is 3.06. The first-order valence-electron chi connectivity index (χ1n) is 8.78. The number of carboxylic acids is 2. The van der Waals surface area contributed by atoms with E-state index in [2.05, 4.69) is 5.09 Å². The molecule has 0 aliphatic carbocycles. The molecule has 2 aromatic rings. The molecule has 0 aromatic heterocycles. The minimum absolute atomic E-state index is 0.272. The quantitative estimate of drug-likeness (QED) is 0.453. The second kappa shape index (κ2) is 9.13. The number of hydrogen-bond donors (Lipinski definition) is 4. The van der Waals surface area contributed by atoms with Gasteiger partial charge in [-0.2, -0.15) is 0 Å². The number of nitrogens with one attached hydrogen (secondary N) is 1. The first-order chi connectivity index (χ1) is 12.7. The Bertz CT molecular complexity index is 868. The molecule has 3 atom stereocenters. The van der Waals surface area contributed by atoms with Gasteiger partial charge in [-0.05, 0) is 29.2 Å². The van der Waals surface area contributed by atoms with Crippen LogP contribution >= 0.6 is 7.52 Å². The van der Waals surface area contributed by atoms with Crippen LogP contribution in [0.4, 0.5) is 0 Å². The molecule has 146 valence electrons. The summed E-state index contributed by atoms with van der Waals surface area (Å²) in [7, 11) is -4.11. The van der Waals surface area contributed by atoms with Crippen LogP contribution < -0.4 is 5.09 Å². The Morgan fingerprint density at radius 2 is 1.74 bits per heavy atom. The van der Waals surface area contributed by atoms with Gasteiger partial charge in [-0.15, -0.1) is 0 Å². The van der Waals surface area contributed by atoms with E-state index in [4.69, 9.17) is 5.11 Å². The summed E-state index contributed by atoms with van der Waals surface area (Å²) in [5, 5.41) is 22.3. The number of aliphatic carboxylic acids is 2. The van der Waals surface area contributed by atoms with Gasteiger partial charge in [-0.1, -0.05) is 55.8 Å². The standard InChI is InChI=1S/C19H24NO6P/c1-2-5-17(15-9-8-13-6-3-4-7-14(13)12-15)27(25,26)20-16(19(23)24)10-11-18(21)22/h3-4,6-9,12,16-17H,2,5,10-11H2,1H3,(H,21,22)(H,23,24)(H2,20,25,26). The maximum atomic E-state index is 13.0. The maximum Gasteiger partial charge on any atom is 0.321 e. The first kappa shape index (κ1) is 21.1. The highest BCUT2D eigenvalue weighted by Crippen LogP contribution is 2.55. The van der Waals surface area contributed by atoms with Crippen LogP contribution in [0.15, 0.2) is 42.5 Å². The Morgan fingerprint density at radius 3 is 2.33 bits per heavy atom. The highest BCUT2D eigenvalue weighted by atomic mass is 31.2. The molecule has 0 fully saturated rings. The van der Waals surface area contributed by atoms with E-state index in [1.54, 1.807) is 6.07 Å². The van der Waals surface area contributed by atoms with Crippen LogP contribution in [0.25, 0.3) is 10.8 Å². The average Bonchev–Trinajstić information content (AvgIpc) is 2.62. The van der Waals surface area contributed by atoms with Crippen molar-refractivity contribution in [3.63, 3.8) is 0 Å². The molecule has 0 aliphatic heterocycles. The minimum atomic E-state index is -4.11. The van der Waals surface area contributed by atoms with Crippen LogP contribution in [0.2, 0.25) is 0 Å². The largest absolute Gasteiger partial charge is 0.481 e.